The second kappa shape index (κ2) is 11.4. The van der Waals surface area contributed by atoms with Crippen molar-refractivity contribution in [3.8, 4) is 5.75 Å². The van der Waals surface area contributed by atoms with Crippen LogP contribution in [0.2, 0.25) is 0 Å². The molecule has 0 fully saturated rings. The van der Waals surface area contributed by atoms with Gasteiger partial charge in [-0.3, -0.25) is 0 Å². The van der Waals surface area contributed by atoms with Crippen LogP contribution in [0.5, 0.6) is 5.75 Å². The van der Waals surface area contributed by atoms with Gasteiger partial charge >= 0.3 is 0 Å². The van der Waals surface area contributed by atoms with Crippen LogP contribution in [0.25, 0.3) is 10.8 Å². The van der Waals surface area contributed by atoms with Crippen molar-refractivity contribution in [2.75, 3.05) is 9.62 Å². The van der Waals surface area contributed by atoms with Crippen LogP contribution in [0, 0.1) is 13.8 Å². The molecule has 0 radical (unpaired) electrons. The highest BCUT2D eigenvalue weighted by atomic mass is 79.9. The molecule has 42 heavy (non-hydrogen) atoms. The fourth-order valence-corrected chi connectivity index (χ4v) is 7.59. The average Bonchev–Trinajstić information content (AvgIpc) is 2.93. The summed E-state index contributed by atoms with van der Waals surface area (Å²) in [6.45, 7) is 10.2. The van der Waals surface area contributed by atoms with Crippen molar-refractivity contribution >= 4 is 75.4 Å². The molecule has 0 atom stereocenters. The molecular formula is C34H32Br2N2O3S. The molecule has 0 heterocycles. The van der Waals surface area contributed by atoms with E-state index in [4.69, 9.17) is 0 Å². The largest absolute Gasteiger partial charge is 0.506 e. The van der Waals surface area contributed by atoms with Gasteiger partial charge in [-0.2, -0.15) is 0 Å². The molecule has 8 heteroatoms. The minimum atomic E-state index is -4.13. The number of benzene rings is 5. The van der Waals surface area contributed by atoms with Gasteiger partial charge in [0, 0.05) is 22.1 Å². The summed E-state index contributed by atoms with van der Waals surface area (Å²) in [6.07, 6.45) is 0. The summed E-state index contributed by atoms with van der Waals surface area (Å²) in [5.74, 6) is -0.00928. The number of phenols is 1. The molecule has 0 aliphatic heterocycles. The number of hydrogen-bond acceptors (Lipinski definition) is 4. The Morgan fingerprint density at radius 2 is 1.29 bits per heavy atom. The van der Waals surface area contributed by atoms with Gasteiger partial charge in [0.1, 0.15) is 5.75 Å². The van der Waals surface area contributed by atoms with E-state index in [1.165, 1.54) is 9.87 Å². The van der Waals surface area contributed by atoms with E-state index in [0.717, 1.165) is 33.3 Å². The maximum Gasteiger partial charge on any atom is 0.268 e. The summed E-state index contributed by atoms with van der Waals surface area (Å²) < 4.78 is 31.5. The van der Waals surface area contributed by atoms with Crippen molar-refractivity contribution in [3.05, 3.63) is 117 Å². The summed E-state index contributed by atoms with van der Waals surface area (Å²) in [5.41, 5.74) is 5.27. The molecule has 0 aromatic heterocycles. The molecule has 0 amide bonds. The third-order valence-electron chi connectivity index (χ3n) is 7.15. The van der Waals surface area contributed by atoms with Crippen molar-refractivity contribution < 1.29 is 13.5 Å². The van der Waals surface area contributed by atoms with E-state index >= 15 is 0 Å². The Morgan fingerprint density at radius 1 is 0.762 bits per heavy atom. The number of halogens is 2. The van der Waals surface area contributed by atoms with E-state index in [2.05, 4.69) is 83.1 Å². The number of sulfonamides is 1. The standard InChI is InChI=1S/C34H32Br2N2O3S/c1-21-10-14-23(15-11-21)37-31-20-28(34(3,4)5)32(27-9-7-6-8-26(27)31)38(24-18-29(35)33(39)30(36)19-24)42(40,41)25-16-12-22(2)13-17-25/h6-20,37,39H,1-5H3. The van der Waals surface area contributed by atoms with Gasteiger partial charge in [-0.25, -0.2) is 12.7 Å². The molecule has 0 spiro atoms. The van der Waals surface area contributed by atoms with Crippen LogP contribution in [0.4, 0.5) is 22.7 Å². The molecule has 0 unspecified atom stereocenters. The first-order chi connectivity index (χ1) is 19.8. The normalized spacial score (nSPS) is 12.0. The Bertz CT molecular complexity index is 1870. The first-order valence-corrected chi connectivity index (χ1v) is 16.5. The van der Waals surface area contributed by atoms with Gasteiger partial charge < -0.3 is 10.4 Å². The fourth-order valence-electron chi connectivity index (χ4n) is 4.92. The summed E-state index contributed by atoms with van der Waals surface area (Å²) in [6, 6.07) is 28.2. The van der Waals surface area contributed by atoms with Crippen molar-refractivity contribution in [3.63, 3.8) is 0 Å². The zero-order valence-corrected chi connectivity index (χ0v) is 28.0. The van der Waals surface area contributed by atoms with E-state index in [1.54, 1.807) is 36.4 Å². The molecule has 0 aliphatic carbocycles. The number of nitrogens with zero attached hydrogens (tertiary/aromatic N) is 1. The number of aromatic hydroxyl groups is 1. The van der Waals surface area contributed by atoms with Crippen LogP contribution in [-0.4, -0.2) is 13.5 Å². The zero-order chi connectivity index (χ0) is 30.4. The Balaban J connectivity index is 1.88. The number of anilines is 4. The van der Waals surface area contributed by atoms with Crippen molar-refractivity contribution in [2.45, 2.75) is 44.9 Å². The molecule has 2 N–H and O–H groups in total. The molecule has 216 valence electrons. The highest BCUT2D eigenvalue weighted by Gasteiger charge is 2.34. The lowest BCUT2D eigenvalue weighted by Gasteiger charge is -2.33. The lowest BCUT2D eigenvalue weighted by atomic mass is 9.83. The molecule has 5 aromatic rings. The van der Waals surface area contributed by atoms with Crippen molar-refractivity contribution in [1.82, 2.24) is 0 Å². The maximum absolute atomic E-state index is 14.7. The lowest BCUT2D eigenvalue weighted by molar-refractivity contribution is 0.468. The molecule has 0 bridgehead atoms. The van der Waals surface area contributed by atoms with Gasteiger partial charge in [0.05, 0.1) is 25.2 Å². The SMILES string of the molecule is Cc1ccc(Nc2cc(C(C)(C)C)c(N(c3cc(Br)c(O)c(Br)c3)S(=O)(=O)c3ccc(C)cc3)c3ccccc23)cc1. The number of rotatable bonds is 6. The molecular weight excluding hydrogens is 676 g/mol. The minimum Gasteiger partial charge on any atom is -0.506 e. The van der Waals surface area contributed by atoms with Crippen LogP contribution in [0.1, 0.15) is 37.5 Å². The zero-order valence-electron chi connectivity index (χ0n) is 24.0. The highest BCUT2D eigenvalue weighted by molar-refractivity contribution is 9.11. The number of hydrogen-bond donors (Lipinski definition) is 2. The van der Waals surface area contributed by atoms with E-state index in [9.17, 15) is 13.5 Å². The van der Waals surface area contributed by atoms with Crippen LogP contribution < -0.4 is 9.62 Å². The van der Waals surface area contributed by atoms with Gasteiger partial charge in [0.15, 0.2) is 0 Å². The Kier molecular flexibility index (Phi) is 8.18. The summed E-state index contributed by atoms with van der Waals surface area (Å²) in [7, 11) is -4.13. The summed E-state index contributed by atoms with van der Waals surface area (Å²) in [4.78, 5) is 0.166. The fraction of sp³-hybridized carbons (Fsp3) is 0.176. The number of aryl methyl sites for hydroxylation is 2. The summed E-state index contributed by atoms with van der Waals surface area (Å²) in [5, 5.41) is 15.7. The van der Waals surface area contributed by atoms with Crippen LogP contribution in [-0.2, 0) is 15.4 Å². The van der Waals surface area contributed by atoms with Gasteiger partial charge in [0.25, 0.3) is 10.0 Å². The average molecular weight is 709 g/mol. The smallest absolute Gasteiger partial charge is 0.268 e. The Morgan fingerprint density at radius 3 is 1.83 bits per heavy atom. The molecule has 5 nitrogen and oxygen atoms in total. The number of phenolic OH excluding ortho intramolecular Hbond substituents is 1. The van der Waals surface area contributed by atoms with Crippen LogP contribution in [0.15, 0.2) is 105 Å². The lowest BCUT2D eigenvalue weighted by Crippen LogP contribution is -2.29. The molecule has 5 rings (SSSR count). The first kappa shape index (κ1) is 30.1. The summed E-state index contributed by atoms with van der Waals surface area (Å²) >= 11 is 6.84. The molecule has 0 saturated carbocycles. The minimum absolute atomic E-state index is 0.00928. The van der Waals surface area contributed by atoms with Crippen molar-refractivity contribution in [1.29, 1.82) is 0 Å². The quantitative estimate of drug-likeness (QED) is 0.184. The van der Waals surface area contributed by atoms with Crippen LogP contribution in [0.3, 0.4) is 0 Å². The molecule has 5 aromatic carbocycles. The van der Waals surface area contributed by atoms with E-state index < -0.39 is 15.4 Å². The third-order valence-corrected chi connectivity index (χ3v) is 10.1. The second-order valence-corrected chi connectivity index (χ2v) is 14.9. The van der Waals surface area contributed by atoms with Crippen molar-refractivity contribution in [2.24, 2.45) is 0 Å². The van der Waals surface area contributed by atoms with E-state index in [1.807, 2.05) is 43.3 Å². The maximum atomic E-state index is 14.7. The second-order valence-electron chi connectivity index (χ2n) is 11.4. The van der Waals surface area contributed by atoms with E-state index in [-0.39, 0.29) is 10.6 Å². The Labute approximate surface area is 264 Å². The predicted octanol–water partition coefficient (Wildman–Crippen LogP) is 10.3. The highest BCUT2D eigenvalue weighted by Crippen LogP contribution is 2.48. The van der Waals surface area contributed by atoms with E-state index in [0.29, 0.717) is 20.3 Å². The van der Waals surface area contributed by atoms with Gasteiger partial charge in [-0.1, -0.05) is 80.4 Å². The number of fused-ring (bicyclic) bond motifs is 1. The Hall–Kier alpha value is -3.33. The first-order valence-electron chi connectivity index (χ1n) is 13.5. The molecule has 0 aliphatic rings. The van der Waals surface area contributed by atoms with Crippen LogP contribution >= 0.6 is 31.9 Å². The van der Waals surface area contributed by atoms with Gasteiger partial charge in [-0.15, -0.1) is 0 Å². The molecule has 0 saturated heterocycles. The monoisotopic (exact) mass is 706 g/mol. The predicted molar refractivity (Wildman–Crippen MR) is 181 cm³/mol. The van der Waals surface area contributed by atoms with Gasteiger partial charge in [-0.05, 0) is 99.2 Å². The number of nitrogens with one attached hydrogen (secondary N) is 1. The third kappa shape index (κ3) is 5.80. The topological polar surface area (TPSA) is 69.6 Å². The van der Waals surface area contributed by atoms with Gasteiger partial charge in [0.2, 0.25) is 0 Å².